The fourth-order valence-corrected chi connectivity index (χ4v) is 9.09. The van der Waals surface area contributed by atoms with Crippen molar-refractivity contribution in [3.63, 3.8) is 0 Å². The number of nitrogens with zero attached hydrogens (tertiary/aromatic N) is 2. The number of carbonyl (C=O) groups excluding carboxylic acids is 2. The van der Waals surface area contributed by atoms with Gasteiger partial charge in [-0.05, 0) is 59.6 Å². The molecule has 1 atom stereocenters. The molecule has 1 aliphatic heterocycles. The third-order valence-corrected chi connectivity index (χ3v) is 12.6. The van der Waals surface area contributed by atoms with Crippen LogP contribution in [0.3, 0.4) is 0 Å². The minimum atomic E-state index is -5.42. The second-order valence-corrected chi connectivity index (χ2v) is 16.3. The van der Waals surface area contributed by atoms with Crippen molar-refractivity contribution >= 4 is 27.5 Å². The summed E-state index contributed by atoms with van der Waals surface area (Å²) in [5.41, 5.74) is 5.98. The summed E-state index contributed by atoms with van der Waals surface area (Å²) < 4.78 is 106. The van der Waals surface area contributed by atoms with Crippen molar-refractivity contribution in [3.8, 4) is 5.75 Å². The third-order valence-electron chi connectivity index (χ3n) is 10.7. The molecular formula is C44H40F5N3O6S. The Hall–Kier alpha value is -5.64. The molecular weight excluding hydrogens is 794 g/mol. The van der Waals surface area contributed by atoms with Crippen molar-refractivity contribution in [2.75, 3.05) is 11.4 Å². The zero-order valence-corrected chi connectivity index (χ0v) is 32.5. The molecule has 59 heavy (non-hydrogen) atoms. The number of nitrogens with one attached hydrogen (secondary N) is 1. The molecule has 0 bridgehead atoms. The van der Waals surface area contributed by atoms with E-state index in [2.05, 4.69) is 5.48 Å². The number of sulfonamides is 1. The van der Waals surface area contributed by atoms with E-state index < -0.39 is 68.4 Å². The highest BCUT2D eigenvalue weighted by Crippen LogP contribution is 2.37. The molecule has 7 rings (SSSR count). The Kier molecular flexibility index (Phi) is 12.7. The smallest absolute Gasteiger partial charge is 0.278 e. The van der Waals surface area contributed by atoms with E-state index in [-0.39, 0.29) is 43.2 Å². The van der Waals surface area contributed by atoms with Gasteiger partial charge in [-0.15, -0.1) is 0 Å². The lowest BCUT2D eigenvalue weighted by Crippen LogP contribution is -2.59. The van der Waals surface area contributed by atoms with Crippen LogP contribution in [0.25, 0.3) is 0 Å². The summed E-state index contributed by atoms with van der Waals surface area (Å²) in [5.74, 6) is -13.5. The van der Waals surface area contributed by atoms with Crippen molar-refractivity contribution in [1.29, 1.82) is 0 Å². The van der Waals surface area contributed by atoms with Gasteiger partial charge in [-0.3, -0.25) is 14.4 Å². The van der Waals surface area contributed by atoms with Gasteiger partial charge in [0.05, 0.1) is 18.7 Å². The lowest BCUT2D eigenvalue weighted by atomic mass is 9.84. The maximum atomic E-state index is 14.9. The Balaban J connectivity index is 1.23. The first-order valence-electron chi connectivity index (χ1n) is 19.1. The van der Waals surface area contributed by atoms with Crippen LogP contribution in [0.2, 0.25) is 0 Å². The molecule has 1 N–H and O–H groups in total. The second-order valence-electron chi connectivity index (χ2n) is 14.5. The lowest BCUT2D eigenvalue weighted by molar-refractivity contribution is -0.125. The number of ether oxygens (including phenoxy) is 1. The fourth-order valence-electron chi connectivity index (χ4n) is 7.35. The van der Waals surface area contributed by atoms with Crippen LogP contribution in [0.5, 0.6) is 5.75 Å². The lowest BCUT2D eigenvalue weighted by Gasteiger charge is -2.41. The topological polar surface area (TPSA) is 105 Å². The van der Waals surface area contributed by atoms with Crippen LogP contribution >= 0.6 is 0 Å². The minimum absolute atomic E-state index is 0.0165. The van der Waals surface area contributed by atoms with Gasteiger partial charge in [-0.1, -0.05) is 104 Å². The molecule has 1 saturated heterocycles. The highest BCUT2D eigenvalue weighted by atomic mass is 32.2. The van der Waals surface area contributed by atoms with E-state index in [0.717, 1.165) is 42.4 Å². The van der Waals surface area contributed by atoms with Crippen molar-refractivity contribution < 1.29 is 49.5 Å². The van der Waals surface area contributed by atoms with Gasteiger partial charge in [0.1, 0.15) is 18.4 Å². The molecule has 308 valence electrons. The number of amides is 2. The summed E-state index contributed by atoms with van der Waals surface area (Å²) in [6.45, 7) is -0.475. The van der Waals surface area contributed by atoms with E-state index >= 15 is 0 Å². The number of hydroxylamine groups is 1. The molecule has 1 aliphatic carbocycles. The zero-order valence-electron chi connectivity index (χ0n) is 31.7. The quantitative estimate of drug-likeness (QED) is 0.0519. The average molecular weight is 834 g/mol. The second kappa shape index (κ2) is 18.1. The molecule has 2 aliphatic rings. The van der Waals surface area contributed by atoms with Gasteiger partial charge in [0.25, 0.3) is 5.91 Å². The van der Waals surface area contributed by atoms with Gasteiger partial charge in [0, 0.05) is 18.3 Å². The van der Waals surface area contributed by atoms with Gasteiger partial charge in [0.15, 0.2) is 28.2 Å². The summed E-state index contributed by atoms with van der Waals surface area (Å²) >= 11 is 0. The molecule has 0 aromatic heterocycles. The van der Waals surface area contributed by atoms with Crippen molar-refractivity contribution in [1.82, 2.24) is 9.79 Å². The molecule has 2 fully saturated rings. The molecule has 5 aromatic carbocycles. The first-order valence-corrected chi connectivity index (χ1v) is 20.6. The zero-order chi connectivity index (χ0) is 41.7. The van der Waals surface area contributed by atoms with E-state index in [1.165, 1.54) is 29.5 Å². The van der Waals surface area contributed by atoms with Gasteiger partial charge >= 0.3 is 0 Å². The Labute approximate surface area is 338 Å². The van der Waals surface area contributed by atoms with Crippen LogP contribution in [-0.2, 0) is 39.4 Å². The first kappa shape index (κ1) is 41.5. The van der Waals surface area contributed by atoms with Crippen LogP contribution in [0, 0.1) is 29.1 Å². The predicted molar refractivity (Wildman–Crippen MR) is 208 cm³/mol. The molecule has 0 spiro atoms. The number of hydrogen-bond donors (Lipinski definition) is 1. The number of anilines is 1. The maximum Gasteiger partial charge on any atom is 0.278 e. The Morgan fingerprint density at radius 2 is 1.29 bits per heavy atom. The van der Waals surface area contributed by atoms with Crippen LogP contribution in [0.4, 0.5) is 27.6 Å². The summed E-state index contributed by atoms with van der Waals surface area (Å²) in [6, 6.07) is 28.6. The molecule has 9 nitrogen and oxygen atoms in total. The van der Waals surface area contributed by atoms with Crippen LogP contribution in [0.1, 0.15) is 77.1 Å². The first-order chi connectivity index (χ1) is 28.4. The highest BCUT2D eigenvalue weighted by Gasteiger charge is 2.48. The molecule has 0 radical (unpaired) electrons. The number of benzene rings is 5. The van der Waals surface area contributed by atoms with Crippen molar-refractivity contribution in [2.24, 2.45) is 0 Å². The van der Waals surface area contributed by atoms with Gasteiger partial charge < -0.3 is 9.64 Å². The van der Waals surface area contributed by atoms with E-state index in [4.69, 9.17) is 9.57 Å². The monoisotopic (exact) mass is 833 g/mol. The summed E-state index contributed by atoms with van der Waals surface area (Å²) in [5, 5.41) is 0. The number of rotatable bonds is 14. The molecule has 1 heterocycles. The van der Waals surface area contributed by atoms with Crippen molar-refractivity contribution in [2.45, 2.75) is 75.1 Å². The molecule has 5 aromatic rings. The summed E-state index contributed by atoms with van der Waals surface area (Å²) in [7, 11) is -5.42. The van der Waals surface area contributed by atoms with E-state index in [1.807, 2.05) is 84.9 Å². The van der Waals surface area contributed by atoms with Gasteiger partial charge in [0.2, 0.25) is 21.7 Å². The normalized spacial score (nSPS) is 16.0. The molecule has 2 amide bonds. The third kappa shape index (κ3) is 9.02. The van der Waals surface area contributed by atoms with E-state index in [0.29, 0.717) is 15.8 Å². The fraction of sp³-hybridized carbons (Fsp3) is 0.273. The Bertz CT molecular complexity index is 2390. The SMILES string of the molecule is O=C(NOCc1ccccc1)c1ccc(N(Cc2ccc(C3CCCCC3)cc2)C(=O)[C@H]2CCN2S(=O)(=O)c2c(F)c(F)c(F)c(F)c2F)cc1OCc1ccccc1. The van der Waals surface area contributed by atoms with Crippen LogP contribution in [0.15, 0.2) is 108 Å². The minimum Gasteiger partial charge on any atom is -0.488 e. The van der Waals surface area contributed by atoms with Crippen LogP contribution in [-0.4, -0.2) is 37.1 Å². The van der Waals surface area contributed by atoms with E-state index in [1.54, 1.807) is 0 Å². The predicted octanol–water partition coefficient (Wildman–Crippen LogP) is 8.87. The highest BCUT2D eigenvalue weighted by molar-refractivity contribution is 7.89. The average Bonchev–Trinajstić information content (AvgIpc) is 3.24. The number of halogens is 5. The Morgan fingerprint density at radius 1 is 0.695 bits per heavy atom. The van der Waals surface area contributed by atoms with Gasteiger partial charge in [-0.2, -0.15) is 4.31 Å². The van der Waals surface area contributed by atoms with Gasteiger partial charge in [-0.25, -0.2) is 35.8 Å². The Morgan fingerprint density at radius 3 is 1.88 bits per heavy atom. The summed E-state index contributed by atoms with van der Waals surface area (Å²) in [6.07, 6.45) is 5.43. The molecule has 1 saturated carbocycles. The van der Waals surface area contributed by atoms with Crippen LogP contribution < -0.4 is 15.1 Å². The van der Waals surface area contributed by atoms with E-state index in [9.17, 15) is 40.0 Å². The maximum absolute atomic E-state index is 14.9. The molecule has 0 unspecified atom stereocenters. The van der Waals surface area contributed by atoms with Crippen molar-refractivity contribution in [3.05, 3.63) is 160 Å². The largest absolute Gasteiger partial charge is 0.488 e. The molecule has 15 heteroatoms. The summed E-state index contributed by atoms with van der Waals surface area (Å²) in [4.78, 5) is 32.7. The number of carbonyl (C=O) groups is 2. The number of hydrogen-bond acceptors (Lipinski definition) is 6. The standard InChI is InChI=1S/C44H40F5N3O6S/c45-37-38(46)40(48)42(41(49)39(37)47)59(55,56)52-23-22-35(52)44(54)51(25-28-16-18-32(19-17-28)31-14-8-3-9-15-31)33-20-21-34(36(24-33)57-26-29-10-4-1-5-11-29)43(53)50-58-27-30-12-6-2-7-13-30/h1-2,4-7,10-13,16-21,24,31,35H,3,8-9,14-15,22-23,25-27H2,(H,50,53)/t35-/m1/s1.